The Hall–Kier alpha value is -1.33. The summed E-state index contributed by atoms with van der Waals surface area (Å²) in [5.74, 6) is 0.933. The van der Waals surface area contributed by atoms with Crippen molar-refractivity contribution in [2.75, 3.05) is 19.8 Å². The van der Waals surface area contributed by atoms with Crippen molar-refractivity contribution in [3.05, 3.63) is 33.9 Å². The van der Waals surface area contributed by atoms with E-state index in [9.17, 15) is 10.1 Å². The van der Waals surface area contributed by atoms with Gasteiger partial charge in [0, 0.05) is 18.6 Å². The molecule has 0 heterocycles. The lowest BCUT2D eigenvalue weighted by molar-refractivity contribution is -0.385. The Bertz CT molecular complexity index is 423. The van der Waals surface area contributed by atoms with Gasteiger partial charge >= 0.3 is 5.69 Å². The number of benzene rings is 1. The summed E-state index contributed by atoms with van der Waals surface area (Å²) in [7, 11) is 0. The van der Waals surface area contributed by atoms with Crippen LogP contribution in [-0.2, 0) is 10.6 Å². The third-order valence-corrected chi connectivity index (χ3v) is 2.62. The van der Waals surface area contributed by atoms with E-state index in [2.05, 4.69) is 13.8 Å². The molecule has 6 heteroatoms. The van der Waals surface area contributed by atoms with Gasteiger partial charge in [-0.1, -0.05) is 19.9 Å². The maximum Gasteiger partial charge on any atom is 0.311 e. The Morgan fingerprint density at radius 1 is 1.37 bits per heavy atom. The monoisotopic (exact) mass is 287 g/mol. The standard InChI is InChI=1S/C13H18ClNO4/c1-10(2)9-18-5-6-19-13-4-3-11(8-14)7-12(13)15(16)17/h3-4,7,10H,5-6,8-9H2,1-2H3. The van der Waals surface area contributed by atoms with E-state index in [0.717, 1.165) is 0 Å². The van der Waals surface area contributed by atoms with E-state index in [1.54, 1.807) is 12.1 Å². The van der Waals surface area contributed by atoms with Gasteiger partial charge in [-0.3, -0.25) is 10.1 Å². The van der Waals surface area contributed by atoms with Gasteiger partial charge in [0.25, 0.3) is 0 Å². The molecule has 0 aliphatic carbocycles. The third kappa shape index (κ3) is 5.44. The molecule has 0 amide bonds. The first-order valence-corrected chi connectivity index (χ1v) is 6.62. The van der Waals surface area contributed by atoms with Crippen LogP contribution in [0.25, 0.3) is 0 Å². The molecule has 0 saturated carbocycles. The number of ether oxygens (including phenoxy) is 2. The molecule has 19 heavy (non-hydrogen) atoms. The fourth-order valence-electron chi connectivity index (χ4n) is 1.44. The molecular weight excluding hydrogens is 270 g/mol. The van der Waals surface area contributed by atoms with E-state index in [4.69, 9.17) is 21.1 Å². The van der Waals surface area contributed by atoms with Gasteiger partial charge in [-0.2, -0.15) is 0 Å². The molecule has 0 atom stereocenters. The van der Waals surface area contributed by atoms with Crippen molar-refractivity contribution in [1.82, 2.24) is 0 Å². The molecule has 1 aromatic carbocycles. The first kappa shape index (κ1) is 15.7. The summed E-state index contributed by atoms with van der Waals surface area (Å²) in [5.41, 5.74) is 0.624. The third-order valence-electron chi connectivity index (χ3n) is 2.31. The Balaban J connectivity index is 2.55. The van der Waals surface area contributed by atoms with E-state index in [1.807, 2.05) is 0 Å². The summed E-state index contributed by atoms with van der Waals surface area (Å²) >= 11 is 5.65. The Morgan fingerprint density at radius 2 is 2.11 bits per heavy atom. The molecule has 1 rings (SSSR count). The zero-order chi connectivity index (χ0) is 14.3. The van der Waals surface area contributed by atoms with Crippen LogP contribution in [0.3, 0.4) is 0 Å². The van der Waals surface area contributed by atoms with Crippen LogP contribution in [-0.4, -0.2) is 24.7 Å². The highest BCUT2D eigenvalue weighted by atomic mass is 35.5. The van der Waals surface area contributed by atoms with Gasteiger partial charge in [0.15, 0.2) is 5.75 Å². The highest BCUT2D eigenvalue weighted by molar-refractivity contribution is 6.17. The fraction of sp³-hybridized carbons (Fsp3) is 0.538. The molecule has 1 aromatic rings. The highest BCUT2D eigenvalue weighted by Gasteiger charge is 2.15. The van der Waals surface area contributed by atoms with Crippen LogP contribution >= 0.6 is 11.6 Å². The van der Waals surface area contributed by atoms with E-state index in [-0.39, 0.29) is 23.9 Å². The van der Waals surface area contributed by atoms with Crippen LogP contribution in [0, 0.1) is 16.0 Å². The molecule has 0 N–H and O–H groups in total. The second-order valence-electron chi connectivity index (χ2n) is 4.51. The van der Waals surface area contributed by atoms with Gasteiger partial charge in [0.05, 0.1) is 11.5 Å². The molecule has 0 spiro atoms. The molecule has 0 aliphatic heterocycles. The average Bonchev–Trinajstić information content (AvgIpc) is 2.38. The first-order valence-electron chi connectivity index (χ1n) is 6.08. The smallest absolute Gasteiger partial charge is 0.311 e. The predicted molar refractivity (Wildman–Crippen MR) is 73.8 cm³/mol. The van der Waals surface area contributed by atoms with Gasteiger partial charge in [-0.15, -0.1) is 11.6 Å². The number of hydrogen-bond donors (Lipinski definition) is 0. The van der Waals surface area contributed by atoms with Crippen LogP contribution in [0.4, 0.5) is 5.69 Å². The molecule has 0 saturated heterocycles. The molecule has 0 bridgehead atoms. The number of nitro groups is 1. The van der Waals surface area contributed by atoms with Crippen LogP contribution in [0.2, 0.25) is 0 Å². The van der Waals surface area contributed by atoms with Crippen LogP contribution < -0.4 is 4.74 Å². The summed E-state index contributed by atoms with van der Waals surface area (Å²) in [6.07, 6.45) is 0. The van der Waals surface area contributed by atoms with E-state index in [0.29, 0.717) is 24.7 Å². The average molecular weight is 288 g/mol. The van der Waals surface area contributed by atoms with Crippen molar-refractivity contribution in [2.24, 2.45) is 5.92 Å². The number of rotatable bonds is 8. The van der Waals surface area contributed by atoms with Crippen molar-refractivity contribution in [3.8, 4) is 5.75 Å². The Morgan fingerprint density at radius 3 is 2.68 bits per heavy atom. The summed E-state index contributed by atoms with van der Waals surface area (Å²) in [4.78, 5) is 10.4. The van der Waals surface area contributed by atoms with Gasteiger partial charge in [-0.25, -0.2) is 0 Å². The number of alkyl halides is 1. The van der Waals surface area contributed by atoms with Crippen LogP contribution in [0.15, 0.2) is 18.2 Å². The molecule has 0 aliphatic rings. The normalized spacial score (nSPS) is 10.7. The molecule has 0 aromatic heterocycles. The van der Waals surface area contributed by atoms with Crippen molar-refractivity contribution in [1.29, 1.82) is 0 Å². The number of nitrogens with zero attached hydrogens (tertiary/aromatic N) is 1. The van der Waals surface area contributed by atoms with Crippen molar-refractivity contribution in [3.63, 3.8) is 0 Å². The minimum absolute atomic E-state index is 0.0676. The predicted octanol–water partition coefficient (Wildman–Crippen LogP) is 3.39. The minimum Gasteiger partial charge on any atom is -0.484 e. The zero-order valence-corrected chi connectivity index (χ0v) is 11.9. The second kappa shape index (κ2) is 7.96. The molecule has 5 nitrogen and oxygen atoms in total. The van der Waals surface area contributed by atoms with Gasteiger partial charge in [0.2, 0.25) is 0 Å². The van der Waals surface area contributed by atoms with Crippen molar-refractivity contribution in [2.45, 2.75) is 19.7 Å². The van der Waals surface area contributed by atoms with Crippen LogP contribution in [0.1, 0.15) is 19.4 Å². The lowest BCUT2D eigenvalue weighted by Gasteiger charge is -2.09. The van der Waals surface area contributed by atoms with E-state index in [1.165, 1.54) is 6.07 Å². The van der Waals surface area contributed by atoms with Gasteiger partial charge in [-0.05, 0) is 17.5 Å². The molecule has 0 radical (unpaired) electrons. The summed E-state index contributed by atoms with van der Waals surface area (Å²) in [6, 6.07) is 4.71. The molecule has 0 unspecified atom stereocenters. The summed E-state index contributed by atoms with van der Waals surface area (Å²) in [6.45, 7) is 5.45. The quantitative estimate of drug-likeness (QED) is 0.318. The van der Waals surface area contributed by atoms with Gasteiger partial charge < -0.3 is 9.47 Å². The number of halogens is 1. The molecular formula is C13H18ClNO4. The minimum atomic E-state index is -0.472. The first-order chi connectivity index (χ1) is 9.04. The van der Waals surface area contributed by atoms with E-state index < -0.39 is 4.92 Å². The molecule has 0 fully saturated rings. The number of hydrogen-bond acceptors (Lipinski definition) is 4. The van der Waals surface area contributed by atoms with Crippen molar-refractivity contribution < 1.29 is 14.4 Å². The number of nitro benzene ring substituents is 1. The second-order valence-corrected chi connectivity index (χ2v) is 4.78. The lowest BCUT2D eigenvalue weighted by Crippen LogP contribution is -2.10. The fourth-order valence-corrected chi connectivity index (χ4v) is 1.61. The largest absolute Gasteiger partial charge is 0.484 e. The van der Waals surface area contributed by atoms with E-state index >= 15 is 0 Å². The maximum absolute atomic E-state index is 10.9. The van der Waals surface area contributed by atoms with Crippen LogP contribution in [0.5, 0.6) is 5.75 Å². The van der Waals surface area contributed by atoms with Crippen molar-refractivity contribution >= 4 is 17.3 Å². The molecule has 106 valence electrons. The van der Waals surface area contributed by atoms with Gasteiger partial charge in [0.1, 0.15) is 6.61 Å². The Kier molecular flexibility index (Phi) is 6.59. The Labute approximate surface area is 117 Å². The zero-order valence-electron chi connectivity index (χ0n) is 11.1. The lowest BCUT2D eigenvalue weighted by atomic mass is 10.2. The topological polar surface area (TPSA) is 61.6 Å². The summed E-state index contributed by atoms with van der Waals surface area (Å²) in [5, 5.41) is 10.9. The maximum atomic E-state index is 10.9. The highest BCUT2D eigenvalue weighted by Crippen LogP contribution is 2.28. The SMILES string of the molecule is CC(C)COCCOc1ccc(CCl)cc1[N+](=O)[O-]. The summed E-state index contributed by atoms with van der Waals surface area (Å²) < 4.78 is 10.7.